The number of fused-ring (bicyclic) bond motifs is 2. The fraction of sp³-hybridized carbons (Fsp3) is 0.562. The summed E-state index contributed by atoms with van der Waals surface area (Å²) in [6.07, 6.45) is -0.424. The van der Waals surface area contributed by atoms with E-state index >= 15 is 0 Å². The van der Waals surface area contributed by atoms with Crippen LogP contribution in [0.2, 0.25) is 0 Å². The van der Waals surface area contributed by atoms with Gasteiger partial charge in [0.15, 0.2) is 0 Å². The SMILES string of the molecule is Cc1c(CN2CCC(Nc3ncnc4c3CCN(CC(F)(F)F)C4)CC2)ccc2c1cc(C#N)n2CCN1CCNC(C(N)=O)C1. The number of aromatic nitrogens is 3. The van der Waals surface area contributed by atoms with Gasteiger partial charge in [-0.3, -0.25) is 19.5 Å². The molecule has 0 aliphatic carbocycles. The molecule has 6 rings (SSSR count). The number of carbonyl (C=O) groups excluding carboxylic acids is 1. The summed E-state index contributed by atoms with van der Waals surface area (Å²) in [6, 6.07) is 8.52. The Labute approximate surface area is 266 Å². The summed E-state index contributed by atoms with van der Waals surface area (Å²) in [5.74, 6) is 0.405. The summed E-state index contributed by atoms with van der Waals surface area (Å²) in [6.45, 7) is 7.82. The highest BCUT2D eigenvalue weighted by Crippen LogP contribution is 2.29. The van der Waals surface area contributed by atoms with E-state index in [9.17, 15) is 23.2 Å². The molecule has 2 saturated heterocycles. The fourth-order valence-electron chi connectivity index (χ4n) is 7.06. The Morgan fingerprint density at radius 2 is 1.93 bits per heavy atom. The van der Waals surface area contributed by atoms with Crippen LogP contribution in [-0.4, -0.2) is 106 Å². The van der Waals surface area contributed by atoms with Crippen molar-refractivity contribution in [1.82, 2.24) is 34.6 Å². The standard InChI is InChI=1S/C32H41F3N10O/c1-21-22(2-3-29-26(21)14-24(15-36)45(29)13-12-43-11-7-38-28(18-43)30(37)46)16-42-8-4-23(5-9-42)41-31-25-6-10-44(19-32(33,34)35)17-27(25)39-20-40-31/h2-3,14,20,23,28,38H,4-13,16-19H2,1H3,(H2,37,46)(H,39,40,41). The lowest BCUT2D eigenvalue weighted by Gasteiger charge is -2.34. The maximum absolute atomic E-state index is 12.9. The second-order valence-corrected chi connectivity index (χ2v) is 12.7. The first kappa shape index (κ1) is 32.2. The molecule has 3 aliphatic rings. The summed E-state index contributed by atoms with van der Waals surface area (Å²) < 4.78 is 40.8. The minimum absolute atomic E-state index is 0.182. The maximum Gasteiger partial charge on any atom is 0.401 e. The topological polar surface area (TPSA) is 131 Å². The number of piperidine rings is 1. The minimum atomic E-state index is -4.22. The van der Waals surface area contributed by atoms with Gasteiger partial charge in [0.2, 0.25) is 5.91 Å². The minimum Gasteiger partial charge on any atom is -0.368 e. The van der Waals surface area contributed by atoms with Gasteiger partial charge in [-0.05, 0) is 49.4 Å². The number of nitriles is 1. The third-order valence-electron chi connectivity index (χ3n) is 9.64. The predicted molar refractivity (Wildman–Crippen MR) is 168 cm³/mol. The van der Waals surface area contributed by atoms with Crippen molar-refractivity contribution in [1.29, 1.82) is 5.26 Å². The van der Waals surface area contributed by atoms with E-state index in [4.69, 9.17) is 5.73 Å². The van der Waals surface area contributed by atoms with Crippen LogP contribution >= 0.6 is 0 Å². The van der Waals surface area contributed by atoms with E-state index in [1.807, 2.05) is 6.07 Å². The number of halogens is 3. The van der Waals surface area contributed by atoms with Gasteiger partial charge in [-0.15, -0.1) is 0 Å². The number of rotatable bonds is 9. The van der Waals surface area contributed by atoms with E-state index in [0.717, 1.165) is 67.8 Å². The number of carbonyl (C=O) groups is 1. The van der Waals surface area contributed by atoms with Crippen LogP contribution in [0.15, 0.2) is 24.5 Å². The molecule has 5 heterocycles. The van der Waals surface area contributed by atoms with Crippen LogP contribution in [0, 0.1) is 18.3 Å². The van der Waals surface area contributed by atoms with E-state index in [0.29, 0.717) is 44.0 Å². The summed E-state index contributed by atoms with van der Waals surface area (Å²) >= 11 is 0. The Morgan fingerprint density at radius 1 is 1.13 bits per heavy atom. The van der Waals surface area contributed by atoms with Crippen molar-refractivity contribution in [2.24, 2.45) is 5.73 Å². The Bertz CT molecular complexity index is 1610. The van der Waals surface area contributed by atoms with Gasteiger partial charge in [-0.25, -0.2) is 9.97 Å². The van der Waals surface area contributed by atoms with Crippen molar-refractivity contribution in [2.75, 3.05) is 57.7 Å². The largest absolute Gasteiger partial charge is 0.401 e. The molecule has 246 valence electrons. The average molecular weight is 639 g/mol. The second kappa shape index (κ2) is 13.5. The van der Waals surface area contributed by atoms with Crippen LogP contribution in [0.5, 0.6) is 0 Å². The first-order chi connectivity index (χ1) is 22.1. The van der Waals surface area contributed by atoms with Crippen molar-refractivity contribution in [3.05, 3.63) is 52.6 Å². The van der Waals surface area contributed by atoms with E-state index < -0.39 is 12.7 Å². The summed E-state index contributed by atoms with van der Waals surface area (Å²) in [4.78, 5) is 26.4. The lowest BCUT2D eigenvalue weighted by Crippen LogP contribution is -2.56. The fourth-order valence-corrected chi connectivity index (χ4v) is 7.06. The highest BCUT2D eigenvalue weighted by molar-refractivity contribution is 5.86. The zero-order chi connectivity index (χ0) is 32.4. The lowest BCUT2D eigenvalue weighted by atomic mass is 10.00. The molecule has 11 nitrogen and oxygen atoms in total. The van der Waals surface area contributed by atoms with Gasteiger partial charge in [0.1, 0.15) is 23.9 Å². The highest BCUT2D eigenvalue weighted by atomic mass is 19.4. The number of primary amides is 1. The van der Waals surface area contributed by atoms with Gasteiger partial charge in [-0.1, -0.05) is 6.07 Å². The zero-order valence-electron chi connectivity index (χ0n) is 26.1. The highest BCUT2D eigenvalue weighted by Gasteiger charge is 2.33. The number of aryl methyl sites for hydroxylation is 1. The van der Waals surface area contributed by atoms with E-state index in [2.05, 4.69) is 60.1 Å². The molecule has 3 aliphatic heterocycles. The average Bonchev–Trinajstić information content (AvgIpc) is 3.40. The summed E-state index contributed by atoms with van der Waals surface area (Å²) in [7, 11) is 0. The molecule has 0 spiro atoms. The maximum atomic E-state index is 12.9. The Morgan fingerprint density at radius 3 is 2.67 bits per heavy atom. The molecule has 0 saturated carbocycles. The molecule has 2 fully saturated rings. The van der Waals surface area contributed by atoms with Crippen molar-refractivity contribution >= 4 is 22.6 Å². The Hall–Kier alpha value is -3.77. The first-order valence-electron chi connectivity index (χ1n) is 16.0. The number of hydrogen-bond donors (Lipinski definition) is 3. The molecule has 3 aromatic rings. The molecule has 1 unspecified atom stereocenters. The number of piperazine rings is 1. The van der Waals surface area contributed by atoms with Gasteiger partial charge in [0, 0.05) is 88.0 Å². The van der Waals surface area contributed by atoms with Crippen LogP contribution < -0.4 is 16.4 Å². The molecule has 14 heteroatoms. The summed E-state index contributed by atoms with van der Waals surface area (Å²) in [5.41, 5.74) is 11.2. The quantitative estimate of drug-likeness (QED) is 0.323. The Kier molecular flexibility index (Phi) is 9.47. The number of likely N-dealkylation sites (tertiary alicyclic amines) is 1. The second-order valence-electron chi connectivity index (χ2n) is 12.7. The van der Waals surface area contributed by atoms with Crippen LogP contribution in [0.25, 0.3) is 10.9 Å². The van der Waals surface area contributed by atoms with E-state index in [-0.39, 0.29) is 24.5 Å². The third kappa shape index (κ3) is 7.28. The number of alkyl halides is 3. The van der Waals surface area contributed by atoms with Crippen molar-refractivity contribution in [3.8, 4) is 6.07 Å². The molecule has 46 heavy (non-hydrogen) atoms. The van der Waals surface area contributed by atoms with Crippen molar-refractivity contribution in [3.63, 3.8) is 0 Å². The summed E-state index contributed by atoms with van der Waals surface area (Å²) in [5, 5.41) is 17.7. The van der Waals surface area contributed by atoms with Crippen molar-refractivity contribution < 1.29 is 18.0 Å². The zero-order valence-corrected chi connectivity index (χ0v) is 26.1. The number of hydrogen-bond acceptors (Lipinski definition) is 9. The number of nitrogens with zero attached hydrogens (tertiary/aromatic N) is 7. The Balaban J connectivity index is 1.05. The van der Waals surface area contributed by atoms with Crippen LogP contribution in [0.1, 0.15) is 40.9 Å². The monoisotopic (exact) mass is 638 g/mol. The molecule has 1 amide bonds. The molecular weight excluding hydrogens is 597 g/mol. The molecule has 0 bridgehead atoms. The first-order valence-corrected chi connectivity index (χ1v) is 16.0. The van der Waals surface area contributed by atoms with Gasteiger partial charge in [0.25, 0.3) is 0 Å². The number of anilines is 1. The van der Waals surface area contributed by atoms with E-state index in [1.54, 1.807) is 0 Å². The van der Waals surface area contributed by atoms with Gasteiger partial charge >= 0.3 is 6.18 Å². The number of amides is 1. The number of benzene rings is 1. The third-order valence-corrected chi connectivity index (χ3v) is 9.64. The molecule has 1 atom stereocenters. The number of nitrogens with one attached hydrogen (secondary N) is 2. The smallest absolute Gasteiger partial charge is 0.368 e. The van der Waals surface area contributed by atoms with Gasteiger partial charge < -0.3 is 20.9 Å². The molecule has 4 N–H and O–H groups in total. The van der Waals surface area contributed by atoms with E-state index in [1.165, 1.54) is 22.4 Å². The van der Waals surface area contributed by atoms with Crippen LogP contribution in [-0.2, 0) is 30.8 Å². The van der Waals surface area contributed by atoms with Gasteiger partial charge in [0.05, 0.1) is 18.3 Å². The lowest BCUT2D eigenvalue weighted by molar-refractivity contribution is -0.147. The van der Waals surface area contributed by atoms with Crippen LogP contribution in [0.3, 0.4) is 0 Å². The van der Waals surface area contributed by atoms with Crippen molar-refractivity contribution in [2.45, 2.75) is 64.1 Å². The normalized spacial score (nSPS) is 20.5. The molecule has 1 aromatic carbocycles. The van der Waals surface area contributed by atoms with Crippen LogP contribution in [0.4, 0.5) is 19.0 Å². The predicted octanol–water partition coefficient (Wildman–Crippen LogP) is 2.37. The molecular formula is C32H41F3N10O. The number of nitrogens with two attached hydrogens (primary N) is 1. The molecule has 0 radical (unpaired) electrons. The van der Waals surface area contributed by atoms with Gasteiger partial charge in [-0.2, -0.15) is 18.4 Å². The molecule has 2 aromatic heterocycles.